The van der Waals surface area contributed by atoms with Crippen molar-refractivity contribution in [3.8, 4) is 11.5 Å². The average Bonchev–Trinajstić information content (AvgIpc) is 2.63. The molecule has 1 aromatic carbocycles. The van der Waals surface area contributed by atoms with Crippen molar-refractivity contribution < 1.29 is 9.31 Å². The van der Waals surface area contributed by atoms with Crippen LogP contribution >= 0.6 is 0 Å². The van der Waals surface area contributed by atoms with Crippen LogP contribution in [0, 0.1) is 0 Å². The number of hydrogen-bond acceptors (Lipinski definition) is 2. The van der Waals surface area contributed by atoms with E-state index in [0.717, 1.165) is 24.3 Å². The van der Waals surface area contributed by atoms with Gasteiger partial charge >= 0.3 is 7.69 Å². The topological polar surface area (TPSA) is 18.5 Å². The van der Waals surface area contributed by atoms with Crippen LogP contribution in [0.25, 0.3) is 0 Å². The molecule has 0 spiro atoms. The molecule has 0 N–H and O–H groups in total. The molecule has 0 fully saturated rings. The smallest absolute Gasteiger partial charge is 0.524 e. The summed E-state index contributed by atoms with van der Waals surface area (Å²) in [6.07, 6.45) is 2.03. The standard InChI is InChI=1S/C10H12BO2/c1-3-7-5-6-9-10(8(7)4-2)13-11-12-9/h5-6H,3-4H2,1-2H3. The number of hydrogen-bond donors (Lipinski definition) is 0. The van der Waals surface area contributed by atoms with Gasteiger partial charge in [0.2, 0.25) is 0 Å². The Morgan fingerprint density at radius 2 is 2.00 bits per heavy atom. The van der Waals surface area contributed by atoms with Gasteiger partial charge in [-0.2, -0.15) is 0 Å². The first-order valence-electron chi connectivity index (χ1n) is 4.66. The Kier molecular flexibility index (Phi) is 2.17. The van der Waals surface area contributed by atoms with Crippen LogP contribution in [0.1, 0.15) is 25.0 Å². The maximum atomic E-state index is 5.32. The van der Waals surface area contributed by atoms with Crippen LogP contribution in [-0.4, -0.2) is 7.69 Å². The normalized spacial score (nSPS) is 12.8. The molecule has 1 radical (unpaired) electrons. The first kappa shape index (κ1) is 8.48. The highest BCUT2D eigenvalue weighted by Gasteiger charge is 2.21. The lowest BCUT2D eigenvalue weighted by Gasteiger charge is -2.09. The van der Waals surface area contributed by atoms with Gasteiger partial charge in [0.05, 0.1) is 0 Å². The summed E-state index contributed by atoms with van der Waals surface area (Å²) in [5.41, 5.74) is 2.62. The zero-order valence-corrected chi connectivity index (χ0v) is 7.96. The van der Waals surface area contributed by atoms with Gasteiger partial charge < -0.3 is 9.31 Å². The van der Waals surface area contributed by atoms with E-state index in [0.29, 0.717) is 0 Å². The molecule has 0 aromatic heterocycles. The number of benzene rings is 1. The Labute approximate surface area is 79.2 Å². The highest BCUT2D eigenvalue weighted by molar-refractivity contribution is 6.23. The number of fused-ring (bicyclic) bond motifs is 1. The predicted octanol–water partition coefficient (Wildman–Crippen LogP) is 2.12. The average molecular weight is 175 g/mol. The van der Waals surface area contributed by atoms with E-state index in [1.165, 1.54) is 18.8 Å². The summed E-state index contributed by atoms with van der Waals surface area (Å²) >= 11 is 0. The van der Waals surface area contributed by atoms with E-state index in [9.17, 15) is 0 Å². The molecule has 13 heavy (non-hydrogen) atoms. The molecular formula is C10H12BO2. The van der Waals surface area contributed by atoms with E-state index in [1.54, 1.807) is 0 Å². The second-order valence-corrected chi connectivity index (χ2v) is 3.07. The minimum Gasteiger partial charge on any atom is -0.524 e. The fourth-order valence-corrected chi connectivity index (χ4v) is 1.71. The number of rotatable bonds is 2. The SMILES string of the molecule is CCc1ccc2c(c1CC)O[B]O2. The van der Waals surface area contributed by atoms with Crippen molar-refractivity contribution in [1.82, 2.24) is 0 Å². The first-order chi connectivity index (χ1) is 6.36. The molecular weight excluding hydrogens is 163 g/mol. The van der Waals surface area contributed by atoms with Crippen LogP contribution < -0.4 is 9.31 Å². The molecule has 1 aliphatic rings. The molecule has 1 aromatic rings. The summed E-state index contributed by atoms with van der Waals surface area (Å²) in [5.74, 6) is 1.75. The molecule has 1 aliphatic heterocycles. The van der Waals surface area contributed by atoms with Gasteiger partial charge in [-0.3, -0.25) is 0 Å². The molecule has 0 saturated heterocycles. The third kappa shape index (κ3) is 1.28. The van der Waals surface area contributed by atoms with Crippen molar-refractivity contribution in [2.45, 2.75) is 26.7 Å². The van der Waals surface area contributed by atoms with Crippen LogP contribution in [0.3, 0.4) is 0 Å². The van der Waals surface area contributed by atoms with Gasteiger partial charge in [-0.15, -0.1) is 0 Å². The van der Waals surface area contributed by atoms with Crippen LogP contribution in [-0.2, 0) is 12.8 Å². The lowest BCUT2D eigenvalue weighted by molar-refractivity contribution is 0.539. The predicted molar refractivity (Wildman–Crippen MR) is 52.2 cm³/mol. The van der Waals surface area contributed by atoms with Gasteiger partial charge in [-0.05, 0) is 30.0 Å². The zero-order chi connectivity index (χ0) is 9.26. The fraction of sp³-hybridized carbons (Fsp3) is 0.400. The van der Waals surface area contributed by atoms with Gasteiger partial charge in [0.15, 0.2) is 0 Å². The molecule has 0 atom stereocenters. The van der Waals surface area contributed by atoms with Gasteiger partial charge in [0.25, 0.3) is 0 Å². The Morgan fingerprint density at radius 3 is 2.69 bits per heavy atom. The van der Waals surface area contributed by atoms with Crippen LogP contribution in [0.2, 0.25) is 0 Å². The quantitative estimate of drug-likeness (QED) is 0.641. The largest absolute Gasteiger partial charge is 0.658 e. The van der Waals surface area contributed by atoms with Crippen molar-refractivity contribution in [2.75, 3.05) is 0 Å². The highest BCUT2D eigenvalue weighted by Crippen LogP contribution is 2.37. The lowest BCUT2D eigenvalue weighted by atomic mass is 10.0. The first-order valence-corrected chi connectivity index (χ1v) is 4.66. The van der Waals surface area contributed by atoms with E-state index in [-0.39, 0.29) is 0 Å². The summed E-state index contributed by atoms with van der Waals surface area (Å²) in [4.78, 5) is 0. The minimum absolute atomic E-state index is 0.842. The van der Waals surface area contributed by atoms with E-state index in [2.05, 4.69) is 19.9 Å². The van der Waals surface area contributed by atoms with Gasteiger partial charge in [0, 0.05) is 0 Å². The summed E-state index contributed by atoms with van der Waals surface area (Å²) in [6, 6.07) is 4.08. The number of aryl methyl sites for hydroxylation is 1. The van der Waals surface area contributed by atoms with Crippen molar-refractivity contribution in [1.29, 1.82) is 0 Å². The van der Waals surface area contributed by atoms with Crippen molar-refractivity contribution in [3.63, 3.8) is 0 Å². The van der Waals surface area contributed by atoms with Gasteiger partial charge in [-0.25, -0.2) is 0 Å². The fourth-order valence-electron chi connectivity index (χ4n) is 1.71. The molecule has 0 bridgehead atoms. The Hall–Kier alpha value is -1.12. The summed E-state index contributed by atoms with van der Waals surface area (Å²) in [6.45, 7) is 4.29. The molecule has 3 heteroatoms. The maximum Gasteiger partial charge on any atom is 0.658 e. The Morgan fingerprint density at radius 1 is 1.15 bits per heavy atom. The van der Waals surface area contributed by atoms with Crippen molar-refractivity contribution in [3.05, 3.63) is 23.3 Å². The molecule has 2 nitrogen and oxygen atoms in total. The Bertz CT molecular complexity index is 323. The minimum atomic E-state index is 0.842. The molecule has 1 heterocycles. The Balaban J connectivity index is 2.53. The van der Waals surface area contributed by atoms with Crippen LogP contribution in [0.15, 0.2) is 12.1 Å². The lowest BCUT2D eigenvalue weighted by Crippen LogP contribution is -2.01. The van der Waals surface area contributed by atoms with Gasteiger partial charge in [0.1, 0.15) is 11.5 Å². The van der Waals surface area contributed by atoms with E-state index >= 15 is 0 Å². The second-order valence-electron chi connectivity index (χ2n) is 3.07. The van der Waals surface area contributed by atoms with Crippen LogP contribution in [0.4, 0.5) is 0 Å². The second kappa shape index (κ2) is 3.33. The van der Waals surface area contributed by atoms with E-state index in [1.807, 2.05) is 6.07 Å². The molecule has 2 rings (SSSR count). The summed E-state index contributed by atoms with van der Waals surface area (Å²) in [7, 11) is 1.39. The van der Waals surface area contributed by atoms with E-state index in [4.69, 9.17) is 9.31 Å². The van der Waals surface area contributed by atoms with Crippen LogP contribution in [0.5, 0.6) is 11.5 Å². The zero-order valence-electron chi connectivity index (χ0n) is 7.96. The third-order valence-corrected chi connectivity index (χ3v) is 2.40. The summed E-state index contributed by atoms with van der Waals surface area (Å²) in [5, 5.41) is 0. The van der Waals surface area contributed by atoms with Gasteiger partial charge in [-0.1, -0.05) is 19.9 Å². The molecule has 0 unspecified atom stereocenters. The molecule has 0 aliphatic carbocycles. The van der Waals surface area contributed by atoms with Crippen molar-refractivity contribution in [2.24, 2.45) is 0 Å². The molecule has 0 amide bonds. The maximum absolute atomic E-state index is 5.32. The molecule has 0 saturated carbocycles. The van der Waals surface area contributed by atoms with Crippen molar-refractivity contribution >= 4 is 7.69 Å². The third-order valence-electron chi connectivity index (χ3n) is 2.40. The summed E-state index contributed by atoms with van der Waals surface area (Å²) < 4.78 is 10.5. The molecule has 67 valence electrons. The van der Waals surface area contributed by atoms with E-state index < -0.39 is 0 Å². The monoisotopic (exact) mass is 175 g/mol. The highest BCUT2D eigenvalue weighted by atomic mass is 16.6.